The lowest BCUT2D eigenvalue weighted by atomic mass is 10.0. The lowest BCUT2D eigenvalue weighted by Crippen LogP contribution is -2.44. The number of rotatable bonds is 5. The van der Waals surface area contributed by atoms with Crippen LogP contribution in [0.5, 0.6) is 0 Å². The molecule has 1 saturated carbocycles. The van der Waals surface area contributed by atoms with Crippen molar-refractivity contribution in [3.8, 4) is 6.07 Å². The molecule has 0 spiro atoms. The lowest BCUT2D eigenvalue weighted by Gasteiger charge is -2.32. The van der Waals surface area contributed by atoms with Crippen molar-refractivity contribution >= 4 is 5.91 Å². The van der Waals surface area contributed by atoms with Gasteiger partial charge in [-0.25, -0.2) is 4.39 Å². The van der Waals surface area contributed by atoms with E-state index in [2.05, 4.69) is 16.3 Å². The van der Waals surface area contributed by atoms with E-state index in [4.69, 9.17) is 5.26 Å². The molecule has 134 valence electrons. The molecule has 1 N–H and O–H groups in total. The van der Waals surface area contributed by atoms with Gasteiger partial charge in [0, 0.05) is 32.1 Å². The van der Waals surface area contributed by atoms with E-state index in [9.17, 15) is 9.18 Å². The van der Waals surface area contributed by atoms with Gasteiger partial charge >= 0.3 is 0 Å². The predicted octanol–water partition coefficient (Wildman–Crippen LogP) is 3.36. The Labute approximate surface area is 149 Å². The van der Waals surface area contributed by atoms with Crippen LogP contribution in [0.3, 0.4) is 0 Å². The van der Waals surface area contributed by atoms with Gasteiger partial charge in [0.15, 0.2) is 0 Å². The Morgan fingerprint density at radius 2 is 1.96 bits per heavy atom. The van der Waals surface area contributed by atoms with Gasteiger partial charge in [0.2, 0.25) is 5.91 Å². The van der Waals surface area contributed by atoms with Crippen LogP contribution >= 0.6 is 0 Å². The standard InChI is InChI=1S/C20H26FN3O/c21-18-6-5-16(17(12-18)13-22)14-24-9-7-19(8-10-24)23-20(25)11-15-3-1-2-4-15/h5-6,12,15,19H,1-4,7-11,14H2,(H,23,25). The van der Waals surface area contributed by atoms with Crippen LogP contribution in [-0.2, 0) is 11.3 Å². The first-order valence-electron chi connectivity index (χ1n) is 9.34. The highest BCUT2D eigenvalue weighted by atomic mass is 19.1. The maximum Gasteiger partial charge on any atom is 0.220 e. The van der Waals surface area contributed by atoms with E-state index in [1.165, 1.54) is 37.8 Å². The van der Waals surface area contributed by atoms with E-state index in [-0.39, 0.29) is 17.8 Å². The fourth-order valence-electron chi connectivity index (χ4n) is 4.03. The molecular formula is C20H26FN3O. The number of piperidine rings is 1. The fraction of sp³-hybridized carbons (Fsp3) is 0.600. The van der Waals surface area contributed by atoms with E-state index in [1.54, 1.807) is 6.07 Å². The number of halogens is 1. The van der Waals surface area contributed by atoms with E-state index in [0.717, 1.165) is 31.5 Å². The van der Waals surface area contributed by atoms with Crippen LogP contribution in [-0.4, -0.2) is 29.9 Å². The zero-order chi connectivity index (χ0) is 17.6. The molecule has 0 bridgehead atoms. The van der Waals surface area contributed by atoms with Gasteiger partial charge in [-0.2, -0.15) is 5.26 Å². The van der Waals surface area contributed by atoms with Gasteiger partial charge in [0.25, 0.3) is 0 Å². The molecule has 1 heterocycles. The zero-order valence-corrected chi connectivity index (χ0v) is 14.6. The summed E-state index contributed by atoms with van der Waals surface area (Å²) < 4.78 is 13.2. The van der Waals surface area contributed by atoms with Crippen LogP contribution in [0.2, 0.25) is 0 Å². The van der Waals surface area contributed by atoms with Gasteiger partial charge in [-0.15, -0.1) is 0 Å². The average Bonchev–Trinajstić information content (AvgIpc) is 3.11. The van der Waals surface area contributed by atoms with Gasteiger partial charge in [0.1, 0.15) is 5.82 Å². The van der Waals surface area contributed by atoms with Gasteiger partial charge in [-0.05, 0) is 49.3 Å². The number of hydrogen-bond donors (Lipinski definition) is 1. The number of amides is 1. The van der Waals surface area contributed by atoms with Crippen LogP contribution in [0.15, 0.2) is 18.2 Å². The molecule has 1 aromatic rings. The highest BCUT2D eigenvalue weighted by molar-refractivity contribution is 5.76. The SMILES string of the molecule is N#Cc1cc(F)ccc1CN1CCC(NC(=O)CC2CCCC2)CC1. The molecule has 1 aliphatic carbocycles. The summed E-state index contributed by atoms with van der Waals surface area (Å²) in [5, 5.41) is 12.3. The summed E-state index contributed by atoms with van der Waals surface area (Å²) in [5.41, 5.74) is 1.28. The zero-order valence-electron chi connectivity index (χ0n) is 14.6. The van der Waals surface area contributed by atoms with Crippen LogP contribution in [0.1, 0.15) is 56.1 Å². The summed E-state index contributed by atoms with van der Waals surface area (Å²) in [7, 11) is 0. The van der Waals surface area contributed by atoms with Crippen molar-refractivity contribution in [1.82, 2.24) is 10.2 Å². The van der Waals surface area contributed by atoms with Crippen LogP contribution in [0, 0.1) is 23.1 Å². The number of nitriles is 1. The van der Waals surface area contributed by atoms with Crippen LogP contribution in [0.4, 0.5) is 4.39 Å². The van der Waals surface area contributed by atoms with Crippen molar-refractivity contribution < 1.29 is 9.18 Å². The summed E-state index contributed by atoms with van der Waals surface area (Å²) >= 11 is 0. The Kier molecular flexibility index (Phi) is 6.04. The molecule has 5 heteroatoms. The maximum absolute atomic E-state index is 13.2. The largest absolute Gasteiger partial charge is 0.353 e. The second-order valence-electron chi connectivity index (χ2n) is 7.39. The number of carbonyl (C=O) groups excluding carboxylic acids is 1. The second-order valence-corrected chi connectivity index (χ2v) is 7.39. The molecule has 3 rings (SSSR count). The van der Waals surface area contributed by atoms with Crippen molar-refractivity contribution in [3.05, 3.63) is 35.1 Å². The Hall–Kier alpha value is -1.93. The van der Waals surface area contributed by atoms with Crippen LogP contribution < -0.4 is 5.32 Å². The van der Waals surface area contributed by atoms with Crippen molar-refractivity contribution in [1.29, 1.82) is 5.26 Å². The first kappa shape index (κ1) is 17.9. The van der Waals surface area contributed by atoms with E-state index >= 15 is 0 Å². The molecule has 25 heavy (non-hydrogen) atoms. The predicted molar refractivity (Wildman–Crippen MR) is 94.1 cm³/mol. The minimum absolute atomic E-state index is 0.204. The Balaban J connectivity index is 1.44. The third-order valence-corrected chi connectivity index (χ3v) is 5.49. The third kappa shape index (κ3) is 5.02. The maximum atomic E-state index is 13.2. The molecule has 2 fully saturated rings. The fourth-order valence-corrected chi connectivity index (χ4v) is 4.03. The molecule has 2 aliphatic rings. The van der Waals surface area contributed by atoms with Gasteiger partial charge in [-0.3, -0.25) is 9.69 Å². The number of hydrogen-bond acceptors (Lipinski definition) is 3. The van der Waals surface area contributed by atoms with Crippen molar-refractivity contribution in [2.24, 2.45) is 5.92 Å². The van der Waals surface area contributed by atoms with Gasteiger partial charge < -0.3 is 5.32 Å². The monoisotopic (exact) mass is 343 g/mol. The highest BCUT2D eigenvalue weighted by Crippen LogP contribution is 2.27. The molecule has 0 aromatic heterocycles. The Bertz CT molecular complexity index is 641. The minimum atomic E-state index is -0.371. The molecule has 1 aromatic carbocycles. The number of benzene rings is 1. The van der Waals surface area contributed by atoms with E-state index in [1.807, 2.05) is 0 Å². The highest BCUT2D eigenvalue weighted by Gasteiger charge is 2.23. The molecular weight excluding hydrogens is 317 g/mol. The summed E-state index contributed by atoms with van der Waals surface area (Å²) in [4.78, 5) is 14.4. The molecule has 1 saturated heterocycles. The first-order chi connectivity index (χ1) is 12.1. The molecule has 4 nitrogen and oxygen atoms in total. The average molecular weight is 343 g/mol. The number of carbonyl (C=O) groups is 1. The van der Waals surface area contributed by atoms with Gasteiger partial charge in [0.05, 0.1) is 11.6 Å². The van der Waals surface area contributed by atoms with E-state index < -0.39 is 0 Å². The molecule has 0 atom stereocenters. The van der Waals surface area contributed by atoms with Gasteiger partial charge in [-0.1, -0.05) is 18.9 Å². The first-order valence-corrected chi connectivity index (χ1v) is 9.34. The smallest absolute Gasteiger partial charge is 0.220 e. The Morgan fingerprint density at radius 3 is 2.64 bits per heavy atom. The molecule has 1 amide bonds. The second kappa shape index (κ2) is 8.44. The van der Waals surface area contributed by atoms with Crippen molar-refractivity contribution in [2.45, 2.75) is 57.5 Å². The number of nitrogens with one attached hydrogen (secondary N) is 1. The molecule has 1 aliphatic heterocycles. The van der Waals surface area contributed by atoms with E-state index in [0.29, 0.717) is 24.4 Å². The normalized spacial score (nSPS) is 19.7. The Morgan fingerprint density at radius 1 is 1.24 bits per heavy atom. The number of nitrogens with zero attached hydrogens (tertiary/aromatic N) is 2. The quantitative estimate of drug-likeness (QED) is 0.892. The lowest BCUT2D eigenvalue weighted by molar-refractivity contribution is -0.123. The molecule has 0 unspecified atom stereocenters. The summed E-state index contributed by atoms with van der Waals surface area (Å²) in [6.45, 7) is 2.43. The number of likely N-dealkylation sites (tertiary alicyclic amines) is 1. The van der Waals surface area contributed by atoms with Crippen LogP contribution in [0.25, 0.3) is 0 Å². The topological polar surface area (TPSA) is 56.1 Å². The van der Waals surface area contributed by atoms with Crippen molar-refractivity contribution in [3.63, 3.8) is 0 Å². The summed E-state index contributed by atoms with van der Waals surface area (Å²) in [6.07, 6.45) is 7.48. The summed E-state index contributed by atoms with van der Waals surface area (Å²) in [6, 6.07) is 6.73. The minimum Gasteiger partial charge on any atom is -0.353 e. The summed E-state index contributed by atoms with van der Waals surface area (Å²) in [5.74, 6) is 0.419. The molecule has 0 radical (unpaired) electrons. The van der Waals surface area contributed by atoms with Crippen molar-refractivity contribution in [2.75, 3.05) is 13.1 Å². The third-order valence-electron chi connectivity index (χ3n) is 5.49.